The molecule has 0 saturated carbocycles. The molecule has 11 heteroatoms. The van der Waals surface area contributed by atoms with Crippen LogP contribution in [0.5, 0.6) is 0 Å². The lowest BCUT2D eigenvalue weighted by atomic mass is 10.1. The number of morpholine rings is 1. The number of carbonyl (C=O) groups excluding carboxylic acids is 3. The minimum atomic E-state index is -1.51. The first-order valence-electron chi connectivity index (χ1n) is 10.7. The third-order valence-electron chi connectivity index (χ3n) is 5.25. The largest absolute Gasteiger partial charge is 0.449 e. The van der Waals surface area contributed by atoms with Crippen molar-refractivity contribution in [3.05, 3.63) is 71.2 Å². The van der Waals surface area contributed by atoms with Gasteiger partial charge in [-0.15, -0.1) is 0 Å². The summed E-state index contributed by atoms with van der Waals surface area (Å²) in [6.07, 6.45) is -1.15. The van der Waals surface area contributed by atoms with Crippen LogP contribution in [-0.2, 0) is 23.9 Å². The number of hydrogen-bond donors (Lipinski definition) is 2. The number of rotatable bonds is 7. The number of benzene rings is 2. The van der Waals surface area contributed by atoms with Gasteiger partial charge in [-0.25, -0.2) is 4.79 Å². The summed E-state index contributed by atoms with van der Waals surface area (Å²) in [5.74, 6) is -2.43. The molecule has 1 aromatic heterocycles. The summed E-state index contributed by atoms with van der Waals surface area (Å²) >= 11 is 0. The smallest absolute Gasteiger partial charge is 0.439 e. The van der Waals surface area contributed by atoms with Crippen LogP contribution in [0.1, 0.15) is 12.5 Å². The molecule has 180 valence electrons. The summed E-state index contributed by atoms with van der Waals surface area (Å²) in [7, 11) is 0. The Morgan fingerprint density at radius 1 is 1.20 bits per heavy atom. The molecule has 1 fully saturated rings. The average molecular weight is 478 g/mol. The zero-order valence-corrected chi connectivity index (χ0v) is 18.7. The molecule has 11 nitrogen and oxygen atoms in total. The summed E-state index contributed by atoms with van der Waals surface area (Å²) in [5.41, 5.74) is 2.43. The van der Waals surface area contributed by atoms with E-state index < -0.39 is 35.7 Å². The fourth-order valence-electron chi connectivity index (χ4n) is 3.58. The number of nitrogens with zero attached hydrogens (tertiary/aromatic N) is 2. The van der Waals surface area contributed by atoms with Gasteiger partial charge < -0.3 is 19.7 Å². The molecule has 1 saturated heterocycles. The number of hydrogen-bond acceptors (Lipinski definition) is 8. The molecule has 3 aromatic rings. The summed E-state index contributed by atoms with van der Waals surface area (Å²) in [6, 6.07) is 13.5. The van der Waals surface area contributed by atoms with Crippen LogP contribution < -0.4 is 16.0 Å². The van der Waals surface area contributed by atoms with Gasteiger partial charge in [-0.05, 0) is 42.0 Å². The summed E-state index contributed by atoms with van der Waals surface area (Å²) in [5, 5.41) is 6.22. The first kappa shape index (κ1) is 23.6. The van der Waals surface area contributed by atoms with E-state index >= 15 is 0 Å². The predicted octanol–water partition coefficient (Wildman–Crippen LogP) is 1.98. The molecule has 2 heterocycles. The Hall–Kier alpha value is -4.51. The normalized spacial score (nSPS) is 16.4. The first-order valence-corrected chi connectivity index (χ1v) is 10.7. The third-order valence-corrected chi connectivity index (χ3v) is 5.25. The van der Waals surface area contributed by atoms with Gasteiger partial charge in [0.1, 0.15) is 0 Å². The van der Waals surface area contributed by atoms with E-state index in [-0.39, 0.29) is 19.0 Å². The summed E-state index contributed by atoms with van der Waals surface area (Å²) < 4.78 is 15.3. The van der Waals surface area contributed by atoms with E-state index in [0.29, 0.717) is 16.9 Å². The molecule has 2 atom stereocenters. The molecule has 1 aliphatic heterocycles. The van der Waals surface area contributed by atoms with Crippen LogP contribution >= 0.6 is 0 Å². The SMILES string of the molecule is C=Cc1ccc(N2CCOC(C(OC(C)=O)C(=O)Nc3ccc(-c4noc(=O)[nH]4)cc3)C2=O)cc1. The first-order chi connectivity index (χ1) is 16.9. The molecule has 2 unspecified atom stereocenters. The second-order valence-electron chi connectivity index (χ2n) is 7.62. The van der Waals surface area contributed by atoms with E-state index in [1.807, 2.05) is 12.1 Å². The van der Waals surface area contributed by atoms with Gasteiger partial charge >= 0.3 is 11.7 Å². The molecule has 0 aliphatic carbocycles. The van der Waals surface area contributed by atoms with E-state index in [1.54, 1.807) is 42.5 Å². The van der Waals surface area contributed by atoms with Crippen molar-refractivity contribution in [1.29, 1.82) is 0 Å². The van der Waals surface area contributed by atoms with Gasteiger partial charge in [0.2, 0.25) is 6.10 Å². The molecule has 0 bridgehead atoms. The number of nitrogens with one attached hydrogen (secondary N) is 2. The van der Waals surface area contributed by atoms with Crippen molar-refractivity contribution in [2.75, 3.05) is 23.4 Å². The van der Waals surface area contributed by atoms with Crippen molar-refractivity contribution in [3.63, 3.8) is 0 Å². The van der Waals surface area contributed by atoms with Crippen molar-refractivity contribution in [2.45, 2.75) is 19.1 Å². The highest BCUT2D eigenvalue weighted by atomic mass is 16.6. The Balaban J connectivity index is 1.51. The van der Waals surface area contributed by atoms with Crippen molar-refractivity contribution >= 4 is 35.2 Å². The van der Waals surface area contributed by atoms with Crippen LogP contribution in [0.2, 0.25) is 0 Å². The lowest BCUT2D eigenvalue weighted by molar-refractivity contribution is -0.167. The second kappa shape index (κ2) is 10.2. The minimum Gasteiger partial charge on any atom is -0.449 e. The standard InChI is InChI=1S/C24H22N4O7/c1-3-15-4-10-18(11-5-15)28-12-13-33-20(23(28)31)19(34-14(2)29)22(30)25-17-8-6-16(7-9-17)21-26-24(32)35-27-21/h3-11,19-20H,1,12-13H2,2H3,(H,25,30)(H,26,27,32). The Bertz CT molecular complexity index is 1290. The Labute approximate surface area is 199 Å². The van der Waals surface area contributed by atoms with Crippen molar-refractivity contribution in [1.82, 2.24) is 10.1 Å². The number of H-pyrrole nitrogens is 1. The number of aromatic amines is 1. The zero-order chi connectivity index (χ0) is 24.9. The maximum absolute atomic E-state index is 13.2. The second-order valence-corrected chi connectivity index (χ2v) is 7.62. The summed E-state index contributed by atoms with van der Waals surface area (Å²) in [4.78, 5) is 53.1. The van der Waals surface area contributed by atoms with E-state index in [2.05, 4.69) is 26.6 Å². The van der Waals surface area contributed by atoms with Gasteiger partial charge in [0.25, 0.3) is 11.8 Å². The molecular weight excluding hydrogens is 456 g/mol. The number of amides is 2. The molecule has 2 amide bonds. The maximum atomic E-state index is 13.2. The van der Waals surface area contributed by atoms with Crippen LogP contribution in [0.4, 0.5) is 11.4 Å². The van der Waals surface area contributed by atoms with Crippen LogP contribution in [0.3, 0.4) is 0 Å². The number of aromatic nitrogens is 2. The van der Waals surface area contributed by atoms with Gasteiger partial charge in [-0.1, -0.05) is 29.9 Å². The molecular formula is C24H22N4O7. The molecule has 4 rings (SSSR count). The topological polar surface area (TPSA) is 144 Å². The monoisotopic (exact) mass is 478 g/mol. The number of carbonyl (C=O) groups is 3. The number of ether oxygens (including phenoxy) is 2. The zero-order valence-electron chi connectivity index (χ0n) is 18.7. The molecule has 35 heavy (non-hydrogen) atoms. The molecule has 0 spiro atoms. The van der Waals surface area contributed by atoms with Crippen LogP contribution in [0.25, 0.3) is 17.5 Å². The van der Waals surface area contributed by atoms with Crippen LogP contribution in [0, 0.1) is 0 Å². The van der Waals surface area contributed by atoms with Crippen LogP contribution in [-0.4, -0.2) is 53.3 Å². The Kier molecular flexibility index (Phi) is 6.88. The molecule has 2 N–H and O–H groups in total. The van der Waals surface area contributed by atoms with Gasteiger partial charge in [0, 0.05) is 30.4 Å². The third kappa shape index (κ3) is 5.36. The highest BCUT2D eigenvalue weighted by molar-refractivity contribution is 6.04. The highest BCUT2D eigenvalue weighted by Gasteiger charge is 2.42. The Morgan fingerprint density at radius 2 is 1.91 bits per heavy atom. The molecule has 0 radical (unpaired) electrons. The Morgan fingerprint density at radius 3 is 2.51 bits per heavy atom. The lowest BCUT2D eigenvalue weighted by Crippen LogP contribution is -2.56. The quantitative estimate of drug-likeness (QED) is 0.491. The molecule has 1 aliphatic rings. The number of anilines is 2. The van der Waals surface area contributed by atoms with E-state index in [4.69, 9.17) is 9.47 Å². The lowest BCUT2D eigenvalue weighted by Gasteiger charge is -2.35. The van der Waals surface area contributed by atoms with Crippen LogP contribution in [0.15, 0.2) is 64.4 Å². The highest BCUT2D eigenvalue weighted by Crippen LogP contribution is 2.23. The fraction of sp³-hybridized carbons (Fsp3) is 0.208. The van der Waals surface area contributed by atoms with Gasteiger partial charge in [0.15, 0.2) is 11.9 Å². The minimum absolute atomic E-state index is 0.148. The van der Waals surface area contributed by atoms with Crippen molar-refractivity contribution < 1.29 is 28.4 Å². The fourth-order valence-corrected chi connectivity index (χ4v) is 3.58. The maximum Gasteiger partial charge on any atom is 0.439 e. The van der Waals surface area contributed by atoms with Gasteiger partial charge in [-0.2, -0.15) is 0 Å². The molecule has 2 aromatic carbocycles. The van der Waals surface area contributed by atoms with Gasteiger partial charge in [0.05, 0.1) is 6.61 Å². The predicted molar refractivity (Wildman–Crippen MR) is 125 cm³/mol. The van der Waals surface area contributed by atoms with E-state index in [1.165, 1.54) is 4.90 Å². The van der Waals surface area contributed by atoms with Crippen molar-refractivity contribution in [3.8, 4) is 11.4 Å². The van der Waals surface area contributed by atoms with Crippen molar-refractivity contribution in [2.24, 2.45) is 0 Å². The van der Waals surface area contributed by atoms with E-state index in [0.717, 1.165) is 12.5 Å². The summed E-state index contributed by atoms with van der Waals surface area (Å²) in [6.45, 7) is 5.29. The number of esters is 1. The van der Waals surface area contributed by atoms with E-state index in [9.17, 15) is 19.2 Å². The van der Waals surface area contributed by atoms with Gasteiger partial charge in [-0.3, -0.25) is 23.9 Å². The average Bonchev–Trinajstić information content (AvgIpc) is 3.29.